The standard InChI is InChI=1S/C14H20N6O2/c1-18(2)14(21)15-7-12-16-17-13-9-19(4-5-20(12)13)8-11-3-6-22-10-11/h3,6,10H,4-5,7-9H2,1-2H3,(H,15,21). The van der Waals surface area contributed by atoms with Crippen LogP contribution in [0.4, 0.5) is 4.79 Å². The molecule has 0 spiro atoms. The van der Waals surface area contributed by atoms with Gasteiger partial charge in [0.15, 0.2) is 5.82 Å². The molecule has 118 valence electrons. The van der Waals surface area contributed by atoms with Crippen molar-refractivity contribution in [2.75, 3.05) is 20.6 Å². The molecule has 1 aliphatic heterocycles. The Hall–Kier alpha value is -2.35. The summed E-state index contributed by atoms with van der Waals surface area (Å²) in [5, 5.41) is 11.3. The van der Waals surface area contributed by atoms with Crippen LogP contribution in [0.25, 0.3) is 0 Å². The maximum absolute atomic E-state index is 11.6. The normalized spacial score (nSPS) is 14.6. The van der Waals surface area contributed by atoms with Gasteiger partial charge in [0.05, 0.1) is 25.6 Å². The number of amides is 2. The van der Waals surface area contributed by atoms with Crippen LogP contribution >= 0.6 is 0 Å². The van der Waals surface area contributed by atoms with Crippen molar-refractivity contribution >= 4 is 6.03 Å². The number of furan rings is 1. The second-order valence-electron chi connectivity index (χ2n) is 5.58. The molecule has 8 heteroatoms. The highest BCUT2D eigenvalue weighted by Gasteiger charge is 2.21. The Morgan fingerprint density at radius 2 is 2.27 bits per heavy atom. The quantitative estimate of drug-likeness (QED) is 0.897. The van der Waals surface area contributed by atoms with Gasteiger partial charge in [-0.3, -0.25) is 4.90 Å². The van der Waals surface area contributed by atoms with Gasteiger partial charge in [0.25, 0.3) is 0 Å². The van der Waals surface area contributed by atoms with E-state index < -0.39 is 0 Å². The summed E-state index contributed by atoms with van der Waals surface area (Å²) < 4.78 is 7.18. The predicted octanol–water partition coefficient (Wildman–Crippen LogP) is 0.658. The van der Waals surface area contributed by atoms with E-state index in [4.69, 9.17) is 4.42 Å². The monoisotopic (exact) mass is 304 g/mol. The molecule has 0 saturated carbocycles. The van der Waals surface area contributed by atoms with E-state index in [1.54, 1.807) is 26.6 Å². The van der Waals surface area contributed by atoms with Crippen molar-refractivity contribution in [3.63, 3.8) is 0 Å². The summed E-state index contributed by atoms with van der Waals surface area (Å²) in [6.45, 7) is 3.74. The average Bonchev–Trinajstić information content (AvgIpc) is 3.14. The van der Waals surface area contributed by atoms with Crippen LogP contribution in [0.2, 0.25) is 0 Å². The molecule has 0 aromatic carbocycles. The zero-order chi connectivity index (χ0) is 15.5. The molecule has 2 amide bonds. The molecule has 0 radical (unpaired) electrons. The van der Waals surface area contributed by atoms with Gasteiger partial charge in [0, 0.05) is 39.3 Å². The van der Waals surface area contributed by atoms with E-state index in [0.29, 0.717) is 6.54 Å². The van der Waals surface area contributed by atoms with Gasteiger partial charge < -0.3 is 19.2 Å². The Morgan fingerprint density at radius 1 is 1.41 bits per heavy atom. The zero-order valence-corrected chi connectivity index (χ0v) is 12.8. The summed E-state index contributed by atoms with van der Waals surface area (Å²) in [4.78, 5) is 15.4. The molecule has 8 nitrogen and oxygen atoms in total. The second kappa shape index (κ2) is 6.18. The van der Waals surface area contributed by atoms with Crippen LogP contribution in [0, 0.1) is 0 Å². The molecule has 22 heavy (non-hydrogen) atoms. The van der Waals surface area contributed by atoms with Gasteiger partial charge >= 0.3 is 6.03 Å². The molecule has 0 aliphatic carbocycles. The minimum absolute atomic E-state index is 0.130. The first-order valence-electron chi connectivity index (χ1n) is 7.23. The lowest BCUT2D eigenvalue weighted by atomic mass is 10.2. The average molecular weight is 304 g/mol. The molecule has 0 unspecified atom stereocenters. The number of fused-ring (bicyclic) bond motifs is 1. The number of nitrogens with one attached hydrogen (secondary N) is 1. The molecule has 1 aliphatic rings. The van der Waals surface area contributed by atoms with E-state index in [1.807, 2.05) is 6.07 Å². The number of carbonyl (C=O) groups excluding carboxylic acids is 1. The maximum Gasteiger partial charge on any atom is 0.317 e. The van der Waals surface area contributed by atoms with Crippen molar-refractivity contribution in [1.29, 1.82) is 0 Å². The van der Waals surface area contributed by atoms with Gasteiger partial charge in [-0.2, -0.15) is 0 Å². The number of nitrogens with zero attached hydrogens (tertiary/aromatic N) is 5. The first-order valence-corrected chi connectivity index (χ1v) is 7.23. The van der Waals surface area contributed by atoms with Crippen LogP contribution in [0.1, 0.15) is 17.2 Å². The van der Waals surface area contributed by atoms with Crippen LogP contribution in [0.15, 0.2) is 23.0 Å². The van der Waals surface area contributed by atoms with E-state index >= 15 is 0 Å². The van der Waals surface area contributed by atoms with Crippen molar-refractivity contribution in [3.05, 3.63) is 35.8 Å². The van der Waals surface area contributed by atoms with Gasteiger partial charge in [-0.15, -0.1) is 10.2 Å². The number of hydrogen-bond acceptors (Lipinski definition) is 5. The fourth-order valence-corrected chi connectivity index (χ4v) is 2.49. The smallest absolute Gasteiger partial charge is 0.317 e. The van der Waals surface area contributed by atoms with Crippen molar-refractivity contribution in [3.8, 4) is 0 Å². The Balaban J connectivity index is 1.61. The third-order valence-electron chi connectivity index (χ3n) is 3.70. The van der Waals surface area contributed by atoms with Gasteiger partial charge in [-0.05, 0) is 6.07 Å². The number of urea groups is 1. The molecule has 3 rings (SSSR count). The number of aromatic nitrogens is 3. The Labute approximate surface area is 128 Å². The van der Waals surface area contributed by atoms with E-state index in [9.17, 15) is 4.79 Å². The molecule has 2 aromatic heterocycles. The molecule has 3 heterocycles. The molecule has 0 saturated heterocycles. The minimum atomic E-state index is -0.130. The summed E-state index contributed by atoms with van der Waals surface area (Å²) >= 11 is 0. The largest absolute Gasteiger partial charge is 0.472 e. The third-order valence-corrected chi connectivity index (χ3v) is 3.70. The molecule has 2 aromatic rings. The number of rotatable bonds is 4. The summed E-state index contributed by atoms with van der Waals surface area (Å²) in [7, 11) is 3.42. The van der Waals surface area contributed by atoms with Gasteiger partial charge in [-0.25, -0.2) is 4.79 Å². The fourth-order valence-electron chi connectivity index (χ4n) is 2.49. The lowest BCUT2D eigenvalue weighted by Gasteiger charge is -2.27. The van der Waals surface area contributed by atoms with Gasteiger partial charge in [0.2, 0.25) is 0 Å². The van der Waals surface area contributed by atoms with E-state index in [1.165, 1.54) is 4.90 Å². The molecule has 0 atom stereocenters. The predicted molar refractivity (Wildman–Crippen MR) is 78.8 cm³/mol. The van der Waals surface area contributed by atoms with E-state index in [0.717, 1.165) is 43.4 Å². The van der Waals surface area contributed by atoms with E-state index in [2.05, 4.69) is 25.0 Å². The highest BCUT2D eigenvalue weighted by Crippen LogP contribution is 2.15. The topological polar surface area (TPSA) is 79.4 Å². The Kier molecular flexibility index (Phi) is 4.10. The maximum atomic E-state index is 11.6. The first kappa shape index (κ1) is 14.6. The third kappa shape index (κ3) is 3.11. The number of carbonyl (C=O) groups is 1. The van der Waals surface area contributed by atoms with Gasteiger partial charge in [-0.1, -0.05) is 0 Å². The van der Waals surface area contributed by atoms with Crippen molar-refractivity contribution < 1.29 is 9.21 Å². The first-order chi connectivity index (χ1) is 10.6. The van der Waals surface area contributed by atoms with Crippen LogP contribution in [0.3, 0.4) is 0 Å². The molecule has 1 N–H and O–H groups in total. The fraction of sp³-hybridized carbons (Fsp3) is 0.500. The molecule has 0 bridgehead atoms. The van der Waals surface area contributed by atoms with Gasteiger partial charge in [0.1, 0.15) is 5.82 Å². The lowest BCUT2D eigenvalue weighted by Crippen LogP contribution is -2.36. The Morgan fingerprint density at radius 3 is 3.00 bits per heavy atom. The molecular formula is C14H20N6O2. The number of hydrogen-bond donors (Lipinski definition) is 1. The summed E-state index contributed by atoms with van der Waals surface area (Å²) in [5.41, 5.74) is 1.16. The van der Waals surface area contributed by atoms with Crippen LogP contribution in [0.5, 0.6) is 0 Å². The van der Waals surface area contributed by atoms with Crippen molar-refractivity contribution in [2.45, 2.75) is 26.2 Å². The molecular weight excluding hydrogens is 284 g/mol. The highest BCUT2D eigenvalue weighted by molar-refractivity contribution is 5.73. The zero-order valence-electron chi connectivity index (χ0n) is 12.8. The highest BCUT2D eigenvalue weighted by atomic mass is 16.3. The minimum Gasteiger partial charge on any atom is -0.472 e. The SMILES string of the molecule is CN(C)C(=O)NCc1nnc2n1CCN(Cc1ccoc1)C2. The van der Waals surface area contributed by atoms with Crippen LogP contribution in [-0.4, -0.2) is 51.2 Å². The second-order valence-corrected chi connectivity index (χ2v) is 5.58. The van der Waals surface area contributed by atoms with Crippen LogP contribution in [-0.2, 0) is 26.2 Å². The lowest BCUT2D eigenvalue weighted by molar-refractivity contribution is 0.205. The van der Waals surface area contributed by atoms with Crippen molar-refractivity contribution in [2.24, 2.45) is 0 Å². The molecule has 0 fully saturated rings. The summed E-state index contributed by atoms with van der Waals surface area (Å²) in [6.07, 6.45) is 3.45. The van der Waals surface area contributed by atoms with E-state index in [-0.39, 0.29) is 6.03 Å². The summed E-state index contributed by atoms with van der Waals surface area (Å²) in [5.74, 6) is 1.73. The Bertz CT molecular complexity index is 634. The van der Waals surface area contributed by atoms with Crippen molar-refractivity contribution in [1.82, 2.24) is 29.9 Å². The van der Waals surface area contributed by atoms with Crippen LogP contribution < -0.4 is 5.32 Å². The summed E-state index contributed by atoms with van der Waals surface area (Å²) in [6, 6.07) is 1.84.